The van der Waals surface area contributed by atoms with Crippen molar-refractivity contribution in [2.45, 2.75) is 13.0 Å². The van der Waals surface area contributed by atoms with Crippen LogP contribution < -0.4 is 5.32 Å². The van der Waals surface area contributed by atoms with E-state index in [0.29, 0.717) is 5.56 Å². The number of nitrogens with one attached hydrogen (secondary N) is 1. The zero-order chi connectivity index (χ0) is 13.8. The molecule has 1 atom stereocenters. The van der Waals surface area contributed by atoms with Crippen LogP contribution in [0, 0.1) is 24.1 Å². The van der Waals surface area contributed by atoms with Crippen molar-refractivity contribution >= 4 is 21.6 Å². The summed E-state index contributed by atoms with van der Waals surface area (Å²) in [4.78, 5) is 0. The average molecular weight is 319 g/mol. The van der Waals surface area contributed by atoms with E-state index in [0.717, 1.165) is 15.7 Å². The van der Waals surface area contributed by atoms with Gasteiger partial charge in [0, 0.05) is 10.2 Å². The first kappa shape index (κ1) is 13.6. The minimum atomic E-state index is -0.579. The molecule has 2 aromatic rings. The predicted molar refractivity (Wildman–Crippen MR) is 77.3 cm³/mol. The van der Waals surface area contributed by atoms with Crippen molar-refractivity contribution in [1.82, 2.24) is 0 Å². The Labute approximate surface area is 120 Å². The number of benzene rings is 2. The lowest BCUT2D eigenvalue weighted by molar-refractivity contribution is 0.624. The molecule has 0 aromatic heterocycles. The van der Waals surface area contributed by atoms with E-state index in [9.17, 15) is 9.65 Å². The Balaban J connectivity index is 2.31. The molecule has 19 heavy (non-hydrogen) atoms. The molecule has 0 aliphatic rings. The topological polar surface area (TPSA) is 35.8 Å². The van der Waals surface area contributed by atoms with Crippen LogP contribution in [0.25, 0.3) is 0 Å². The molecule has 0 saturated carbocycles. The highest BCUT2D eigenvalue weighted by Gasteiger charge is 2.13. The summed E-state index contributed by atoms with van der Waals surface area (Å²) < 4.78 is 14.2. The smallest absolute Gasteiger partial charge is 0.140 e. The van der Waals surface area contributed by atoms with Crippen LogP contribution in [0.2, 0.25) is 0 Å². The molecule has 0 spiro atoms. The van der Waals surface area contributed by atoms with Gasteiger partial charge in [0.15, 0.2) is 0 Å². The largest absolute Gasteiger partial charge is 0.366 e. The second-order valence-electron chi connectivity index (χ2n) is 4.22. The first-order chi connectivity index (χ1) is 9.10. The molecule has 0 heterocycles. The van der Waals surface area contributed by atoms with Gasteiger partial charge in [0.1, 0.15) is 11.9 Å². The molecule has 0 saturated heterocycles. The summed E-state index contributed by atoms with van der Waals surface area (Å²) in [6.45, 7) is 1.86. The Morgan fingerprint density at radius 3 is 2.74 bits per heavy atom. The summed E-state index contributed by atoms with van der Waals surface area (Å²) >= 11 is 3.37. The van der Waals surface area contributed by atoms with Crippen LogP contribution in [-0.2, 0) is 0 Å². The second kappa shape index (κ2) is 5.85. The van der Waals surface area contributed by atoms with Crippen molar-refractivity contribution < 1.29 is 4.39 Å². The zero-order valence-corrected chi connectivity index (χ0v) is 11.9. The van der Waals surface area contributed by atoms with E-state index in [1.54, 1.807) is 6.07 Å². The van der Waals surface area contributed by atoms with Crippen molar-refractivity contribution in [2.24, 2.45) is 0 Å². The Morgan fingerprint density at radius 1 is 1.26 bits per heavy atom. The standard InChI is InChI=1S/C15H12BrFN2/c1-10-5-6-12(17)8-14(10)15(9-18)19-13-4-2-3-11(16)7-13/h2-8,15,19H,1H3. The zero-order valence-electron chi connectivity index (χ0n) is 10.3. The highest BCUT2D eigenvalue weighted by Crippen LogP contribution is 2.24. The second-order valence-corrected chi connectivity index (χ2v) is 5.13. The molecule has 2 rings (SSSR count). The SMILES string of the molecule is Cc1ccc(F)cc1C(C#N)Nc1cccc(Br)c1. The van der Waals surface area contributed by atoms with Crippen molar-refractivity contribution in [1.29, 1.82) is 5.26 Å². The van der Waals surface area contributed by atoms with Gasteiger partial charge in [0.05, 0.1) is 6.07 Å². The fourth-order valence-corrected chi connectivity index (χ4v) is 2.25. The van der Waals surface area contributed by atoms with E-state index in [1.807, 2.05) is 31.2 Å². The summed E-state index contributed by atoms with van der Waals surface area (Å²) in [7, 11) is 0. The third-order valence-corrected chi connectivity index (χ3v) is 3.31. The molecule has 0 aliphatic heterocycles. The molecule has 0 aliphatic carbocycles. The lowest BCUT2D eigenvalue weighted by atomic mass is 10.0. The number of halogens is 2. The van der Waals surface area contributed by atoms with E-state index in [4.69, 9.17) is 0 Å². The van der Waals surface area contributed by atoms with E-state index in [-0.39, 0.29) is 5.82 Å². The first-order valence-corrected chi connectivity index (χ1v) is 6.57. The number of aryl methyl sites for hydroxylation is 1. The van der Waals surface area contributed by atoms with E-state index < -0.39 is 6.04 Å². The Bertz CT molecular complexity index is 634. The molecular weight excluding hydrogens is 307 g/mol. The molecular formula is C15H12BrFN2. The third-order valence-electron chi connectivity index (χ3n) is 2.82. The van der Waals surface area contributed by atoms with Crippen molar-refractivity contribution in [3.63, 3.8) is 0 Å². The summed E-state index contributed by atoms with van der Waals surface area (Å²) in [5.74, 6) is -0.336. The quantitative estimate of drug-likeness (QED) is 0.899. The molecule has 2 nitrogen and oxygen atoms in total. The van der Waals surface area contributed by atoms with Crippen LogP contribution in [-0.4, -0.2) is 0 Å². The Morgan fingerprint density at radius 2 is 2.05 bits per heavy atom. The van der Waals surface area contributed by atoms with Gasteiger partial charge in [-0.3, -0.25) is 0 Å². The van der Waals surface area contributed by atoms with Crippen LogP contribution in [0.15, 0.2) is 46.9 Å². The molecule has 1 unspecified atom stereocenters. The third kappa shape index (κ3) is 3.33. The lowest BCUT2D eigenvalue weighted by Crippen LogP contribution is -2.10. The van der Waals surface area contributed by atoms with Crippen LogP contribution >= 0.6 is 15.9 Å². The minimum absolute atomic E-state index is 0.336. The molecule has 0 bridgehead atoms. The predicted octanol–water partition coefficient (Wildman–Crippen LogP) is 4.57. The lowest BCUT2D eigenvalue weighted by Gasteiger charge is -2.15. The number of hydrogen-bond donors (Lipinski definition) is 1. The van der Waals surface area contributed by atoms with Crippen LogP contribution in [0.4, 0.5) is 10.1 Å². The number of hydrogen-bond acceptors (Lipinski definition) is 2. The van der Waals surface area contributed by atoms with Gasteiger partial charge < -0.3 is 5.32 Å². The number of nitrogens with zero attached hydrogens (tertiary/aromatic N) is 1. The van der Waals surface area contributed by atoms with Crippen LogP contribution in [0.1, 0.15) is 17.2 Å². The minimum Gasteiger partial charge on any atom is -0.366 e. The number of anilines is 1. The molecule has 96 valence electrons. The van der Waals surface area contributed by atoms with E-state index in [1.165, 1.54) is 12.1 Å². The highest BCUT2D eigenvalue weighted by atomic mass is 79.9. The molecule has 0 fully saturated rings. The van der Waals surface area contributed by atoms with Crippen molar-refractivity contribution in [2.75, 3.05) is 5.32 Å². The maximum atomic E-state index is 13.3. The molecule has 1 N–H and O–H groups in total. The van der Waals surface area contributed by atoms with Crippen LogP contribution in [0.3, 0.4) is 0 Å². The maximum absolute atomic E-state index is 13.3. The summed E-state index contributed by atoms with van der Waals surface area (Å²) in [5.41, 5.74) is 2.35. The average Bonchev–Trinajstić information content (AvgIpc) is 2.39. The van der Waals surface area contributed by atoms with Crippen LogP contribution in [0.5, 0.6) is 0 Å². The maximum Gasteiger partial charge on any atom is 0.140 e. The van der Waals surface area contributed by atoms with Gasteiger partial charge in [-0.15, -0.1) is 0 Å². The van der Waals surface area contributed by atoms with Gasteiger partial charge in [-0.1, -0.05) is 28.1 Å². The van der Waals surface area contributed by atoms with E-state index >= 15 is 0 Å². The number of nitriles is 1. The molecule has 0 radical (unpaired) electrons. The fourth-order valence-electron chi connectivity index (χ4n) is 1.85. The molecule has 0 amide bonds. The fraction of sp³-hybridized carbons (Fsp3) is 0.133. The van der Waals surface area contributed by atoms with Crippen molar-refractivity contribution in [3.05, 3.63) is 63.9 Å². The summed E-state index contributed by atoms with van der Waals surface area (Å²) in [5, 5.41) is 12.4. The van der Waals surface area contributed by atoms with Gasteiger partial charge in [0.25, 0.3) is 0 Å². The van der Waals surface area contributed by atoms with Gasteiger partial charge in [0.2, 0.25) is 0 Å². The Kier molecular flexibility index (Phi) is 4.18. The van der Waals surface area contributed by atoms with Gasteiger partial charge in [-0.25, -0.2) is 4.39 Å². The highest BCUT2D eigenvalue weighted by molar-refractivity contribution is 9.10. The molecule has 2 aromatic carbocycles. The Hall–Kier alpha value is -1.86. The van der Waals surface area contributed by atoms with Gasteiger partial charge in [-0.2, -0.15) is 5.26 Å². The summed E-state index contributed by atoms with van der Waals surface area (Å²) in [6.07, 6.45) is 0. The van der Waals surface area contributed by atoms with E-state index in [2.05, 4.69) is 27.3 Å². The summed E-state index contributed by atoms with van der Waals surface area (Å²) in [6, 6.07) is 13.6. The van der Waals surface area contributed by atoms with Crippen molar-refractivity contribution in [3.8, 4) is 6.07 Å². The van der Waals surface area contributed by atoms with Gasteiger partial charge >= 0.3 is 0 Å². The molecule has 4 heteroatoms. The van der Waals surface area contributed by atoms with Gasteiger partial charge in [-0.05, 0) is 48.4 Å². The first-order valence-electron chi connectivity index (χ1n) is 5.78. The number of rotatable bonds is 3. The monoisotopic (exact) mass is 318 g/mol. The normalized spacial score (nSPS) is 11.7.